The molecule has 136 valence electrons. The summed E-state index contributed by atoms with van der Waals surface area (Å²) in [4.78, 5) is 4.23. The smallest absolute Gasteiger partial charge is 0.193 e. The van der Waals surface area contributed by atoms with Crippen LogP contribution in [0.1, 0.15) is 12.5 Å². The van der Waals surface area contributed by atoms with Crippen LogP contribution in [-0.2, 0) is 5.60 Å². The van der Waals surface area contributed by atoms with Crippen LogP contribution in [0.2, 0.25) is 0 Å². The van der Waals surface area contributed by atoms with E-state index in [4.69, 9.17) is 15.2 Å². The number of nitrogens with zero attached hydrogens (tertiary/aromatic N) is 1. The fourth-order valence-electron chi connectivity index (χ4n) is 2.23. The zero-order valence-corrected chi connectivity index (χ0v) is 16.9. The molecule has 25 heavy (non-hydrogen) atoms. The van der Waals surface area contributed by atoms with Gasteiger partial charge < -0.3 is 25.6 Å². The quantitative estimate of drug-likeness (QED) is 0.353. The lowest BCUT2D eigenvalue weighted by molar-refractivity contribution is 0.0674. The summed E-state index contributed by atoms with van der Waals surface area (Å²) >= 11 is 0. The molecule has 0 saturated heterocycles. The second-order valence-electron chi connectivity index (χ2n) is 5.54. The van der Waals surface area contributed by atoms with Crippen molar-refractivity contribution in [3.63, 3.8) is 0 Å². The van der Waals surface area contributed by atoms with E-state index in [1.54, 1.807) is 39.3 Å². The molecule has 0 bridgehead atoms. The van der Waals surface area contributed by atoms with Gasteiger partial charge in [0.1, 0.15) is 5.60 Å². The van der Waals surface area contributed by atoms with Crippen LogP contribution in [0.15, 0.2) is 53.5 Å². The number of benzene rings is 2. The van der Waals surface area contributed by atoms with E-state index < -0.39 is 5.60 Å². The summed E-state index contributed by atoms with van der Waals surface area (Å²) in [6, 6.07) is 14.7. The van der Waals surface area contributed by atoms with E-state index in [1.165, 1.54) is 0 Å². The van der Waals surface area contributed by atoms with E-state index in [0.717, 1.165) is 5.56 Å². The van der Waals surface area contributed by atoms with Gasteiger partial charge in [-0.3, -0.25) is 0 Å². The van der Waals surface area contributed by atoms with Gasteiger partial charge in [0.25, 0.3) is 0 Å². The Morgan fingerprint density at radius 1 is 1.12 bits per heavy atom. The molecule has 6 nitrogen and oxygen atoms in total. The third-order valence-electron chi connectivity index (χ3n) is 3.61. The highest BCUT2D eigenvalue weighted by atomic mass is 127. The highest BCUT2D eigenvalue weighted by Crippen LogP contribution is 2.29. The minimum absolute atomic E-state index is 0. The largest absolute Gasteiger partial charge is 0.493 e. The van der Waals surface area contributed by atoms with Gasteiger partial charge in [-0.05, 0) is 24.6 Å². The first-order valence-electron chi connectivity index (χ1n) is 7.53. The molecule has 2 rings (SSSR count). The molecule has 0 aliphatic carbocycles. The maximum atomic E-state index is 10.5. The Kier molecular flexibility index (Phi) is 7.98. The molecule has 4 N–H and O–H groups in total. The number of nitrogens with one attached hydrogen (secondary N) is 1. The van der Waals surface area contributed by atoms with Crippen LogP contribution in [0.5, 0.6) is 11.5 Å². The fourth-order valence-corrected chi connectivity index (χ4v) is 2.23. The predicted octanol–water partition coefficient (Wildman–Crippen LogP) is 2.96. The zero-order valence-electron chi connectivity index (χ0n) is 14.5. The van der Waals surface area contributed by atoms with E-state index in [1.807, 2.05) is 30.3 Å². The van der Waals surface area contributed by atoms with Crippen molar-refractivity contribution in [2.75, 3.05) is 26.1 Å². The summed E-state index contributed by atoms with van der Waals surface area (Å²) in [7, 11) is 3.14. The van der Waals surface area contributed by atoms with Crippen molar-refractivity contribution in [2.45, 2.75) is 12.5 Å². The Morgan fingerprint density at radius 3 is 2.36 bits per heavy atom. The molecule has 1 unspecified atom stereocenters. The van der Waals surface area contributed by atoms with Gasteiger partial charge >= 0.3 is 0 Å². The molecular weight excluding hydrogens is 433 g/mol. The van der Waals surface area contributed by atoms with E-state index in [2.05, 4.69) is 10.3 Å². The zero-order chi connectivity index (χ0) is 17.6. The number of methoxy groups -OCH3 is 2. The Morgan fingerprint density at radius 2 is 1.76 bits per heavy atom. The number of guanidine groups is 1. The number of ether oxygens (including phenoxy) is 2. The van der Waals surface area contributed by atoms with E-state index >= 15 is 0 Å². The number of rotatable bonds is 6. The van der Waals surface area contributed by atoms with E-state index in [0.29, 0.717) is 17.2 Å². The van der Waals surface area contributed by atoms with Crippen LogP contribution in [-0.4, -0.2) is 31.8 Å². The maximum Gasteiger partial charge on any atom is 0.193 e. The van der Waals surface area contributed by atoms with Gasteiger partial charge in [-0.25, -0.2) is 4.99 Å². The summed E-state index contributed by atoms with van der Waals surface area (Å²) in [6.45, 7) is 1.85. The van der Waals surface area contributed by atoms with Crippen LogP contribution in [0.3, 0.4) is 0 Å². The molecule has 2 aromatic rings. The molecule has 0 heterocycles. The van der Waals surface area contributed by atoms with Crippen molar-refractivity contribution in [1.29, 1.82) is 0 Å². The Balaban J connectivity index is 0.00000312. The van der Waals surface area contributed by atoms with Gasteiger partial charge in [-0.1, -0.05) is 30.3 Å². The first-order valence-corrected chi connectivity index (χ1v) is 7.53. The molecule has 1 atom stereocenters. The molecule has 0 aliphatic heterocycles. The van der Waals surface area contributed by atoms with Gasteiger partial charge in [0, 0.05) is 11.8 Å². The highest BCUT2D eigenvalue weighted by molar-refractivity contribution is 14.0. The molecule has 0 aromatic heterocycles. The van der Waals surface area contributed by atoms with Crippen molar-refractivity contribution in [2.24, 2.45) is 10.7 Å². The molecule has 0 amide bonds. The van der Waals surface area contributed by atoms with E-state index in [-0.39, 0.29) is 36.5 Å². The molecule has 0 aliphatic rings. The number of hydrogen-bond donors (Lipinski definition) is 3. The predicted molar refractivity (Wildman–Crippen MR) is 111 cm³/mol. The van der Waals surface area contributed by atoms with Gasteiger partial charge in [-0.15, -0.1) is 24.0 Å². The maximum absolute atomic E-state index is 10.5. The van der Waals surface area contributed by atoms with Crippen LogP contribution in [0.4, 0.5) is 5.69 Å². The lowest BCUT2D eigenvalue weighted by atomic mass is 9.96. The molecule has 0 spiro atoms. The first-order chi connectivity index (χ1) is 11.5. The Hall–Kier alpha value is -2.00. The summed E-state index contributed by atoms with van der Waals surface area (Å²) in [5.41, 5.74) is 6.32. The minimum Gasteiger partial charge on any atom is -0.493 e. The molecule has 0 saturated carbocycles. The normalized spacial score (nSPS) is 13.4. The van der Waals surface area contributed by atoms with Crippen molar-refractivity contribution in [1.82, 2.24) is 0 Å². The summed E-state index contributed by atoms with van der Waals surface area (Å²) in [5.74, 6) is 1.43. The minimum atomic E-state index is -1.09. The van der Waals surface area contributed by atoms with Crippen molar-refractivity contribution in [3.05, 3.63) is 54.1 Å². The van der Waals surface area contributed by atoms with Crippen molar-refractivity contribution >= 4 is 35.6 Å². The average molecular weight is 457 g/mol. The van der Waals surface area contributed by atoms with Gasteiger partial charge in [0.05, 0.1) is 20.8 Å². The molecule has 0 fully saturated rings. The molecular formula is C18H24IN3O3. The monoisotopic (exact) mass is 457 g/mol. The summed E-state index contributed by atoms with van der Waals surface area (Å²) in [6.07, 6.45) is 0. The third-order valence-corrected chi connectivity index (χ3v) is 3.61. The van der Waals surface area contributed by atoms with Gasteiger partial charge in [-0.2, -0.15) is 0 Å². The average Bonchev–Trinajstić information content (AvgIpc) is 2.60. The van der Waals surface area contributed by atoms with Crippen molar-refractivity contribution in [3.8, 4) is 11.5 Å². The number of anilines is 1. The van der Waals surface area contributed by atoms with Crippen LogP contribution >= 0.6 is 24.0 Å². The second kappa shape index (κ2) is 9.47. The molecule has 2 aromatic carbocycles. The molecule has 7 heteroatoms. The highest BCUT2D eigenvalue weighted by Gasteiger charge is 2.22. The standard InChI is InChI=1S/C18H23N3O3.HI/c1-18(22,13-7-5-4-6-8-13)12-20-17(19)21-14-9-10-15(23-2)16(11-14)24-3;/h4-11,22H,12H2,1-3H3,(H3,19,20,21);1H. The second-order valence-corrected chi connectivity index (χ2v) is 5.54. The molecule has 0 radical (unpaired) electrons. The summed E-state index contributed by atoms with van der Waals surface area (Å²) < 4.78 is 10.4. The van der Waals surface area contributed by atoms with Gasteiger partial charge in [0.2, 0.25) is 0 Å². The third kappa shape index (κ3) is 5.79. The fraction of sp³-hybridized carbons (Fsp3) is 0.278. The first kappa shape index (κ1) is 21.0. The van der Waals surface area contributed by atoms with Crippen molar-refractivity contribution < 1.29 is 14.6 Å². The van der Waals surface area contributed by atoms with Gasteiger partial charge in [0.15, 0.2) is 17.5 Å². The summed E-state index contributed by atoms with van der Waals surface area (Å²) in [5, 5.41) is 13.5. The number of aliphatic hydroxyl groups is 1. The van der Waals surface area contributed by atoms with Crippen LogP contribution in [0, 0.1) is 0 Å². The Bertz CT molecular complexity index is 706. The van der Waals surface area contributed by atoms with Crippen LogP contribution in [0.25, 0.3) is 0 Å². The lowest BCUT2D eigenvalue weighted by Gasteiger charge is -2.21. The number of hydrogen-bond acceptors (Lipinski definition) is 4. The Labute approximate surface area is 165 Å². The van der Waals surface area contributed by atoms with Crippen LogP contribution < -0.4 is 20.5 Å². The number of nitrogens with two attached hydrogens (primary N) is 1. The SMILES string of the molecule is COc1ccc(NC(N)=NCC(C)(O)c2ccccc2)cc1OC.I. The topological polar surface area (TPSA) is 89.1 Å². The van der Waals surface area contributed by atoms with E-state index in [9.17, 15) is 5.11 Å². The number of halogens is 1. The number of aliphatic imine (C=N–C) groups is 1. The lowest BCUT2D eigenvalue weighted by Crippen LogP contribution is -2.29.